The van der Waals surface area contributed by atoms with Crippen molar-refractivity contribution in [2.75, 3.05) is 6.54 Å². The normalized spacial score (nSPS) is 16.9. The van der Waals surface area contributed by atoms with E-state index in [1.165, 1.54) is 0 Å². The predicted octanol–water partition coefficient (Wildman–Crippen LogP) is 3.62. The molecule has 1 heterocycles. The molecule has 0 aliphatic rings. The molecule has 0 fully saturated rings. The molecule has 0 aliphatic heterocycles. The first kappa shape index (κ1) is 12.1. The van der Waals surface area contributed by atoms with Crippen molar-refractivity contribution in [2.24, 2.45) is 0 Å². The molecule has 0 saturated heterocycles. The zero-order valence-corrected chi connectivity index (χ0v) is 10.5. The molecule has 3 heteroatoms. The summed E-state index contributed by atoms with van der Waals surface area (Å²) in [5.41, 5.74) is 0.0853. The Labute approximate surface area is 101 Å². The molecule has 2 rings (SSSR count). The molecular weight excluding hydrogens is 217 g/mol. The average Bonchev–Trinajstić information content (AvgIpc) is 2.76. The van der Waals surface area contributed by atoms with Gasteiger partial charge in [-0.2, -0.15) is 0 Å². The number of hydrogen-bond acceptors (Lipinski definition) is 2. The largest absolute Gasteiger partial charge is 0.464 e. The maximum absolute atomic E-state index is 14.7. The van der Waals surface area contributed by atoms with Crippen LogP contribution in [0.5, 0.6) is 0 Å². The molecule has 92 valence electrons. The lowest BCUT2D eigenvalue weighted by atomic mass is 9.90. The first-order chi connectivity index (χ1) is 8.05. The van der Waals surface area contributed by atoms with Gasteiger partial charge in [0.15, 0.2) is 0 Å². The highest BCUT2D eigenvalue weighted by atomic mass is 19.1. The number of halogens is 1. The van der Waals surface area contributed by atoms with Crippen LogP contribution in [-0.2, 0) is 5.67 Å². The second-order valence-electron chi connectivity index (χ2n) is 4.53. The Morgan fingerprint density at radius 2 is 2.18 bits per heavy atom. The molecule has 2 aromatic rings. The average molecular weight is 235 g/mol. The van der Waals surface area contributed by atoms with Crippen LogP contribution in [-0.4, -0.2) is 12.6 Å². The van der Waals surface area contributed by atoms with Gasteiger partial charge in [-0.15, -0.1) is 0 Å². The van der Waals surface area contributed by atoms with E-state index in [1.807, 2.05) is 32.0 Å². The Morgan fingerprint density at radius 3 is 2.88 bits per heavy atom. The number of rotatable bonds is 4. The molecular formula is C14H18FNO. The van der Waals surface area contributed by atoms with E-state index in [2.05, 4.69) is 5.32 Å². The fourth-order valence-corrected chi connectivity index (χ4v) is 2.02. The van der Waals surface area contributed by atoms with Gasteiger partial charge >= 0.3 is 0 Å². The quantitative estimate of drug-likeness (QED) is 0.875. The lowest BCUT2D eigenvalue weighted by molar-refractivity contribution is 0.137. The summed E-state index contributed by atoms with van der Waals surface area (Å²) in [4.78, 5) is 0. The van der Waals surface area contributed by atoms with Gasteiger partial charge in [-0.3, -0.25) is 0 Å². The summed E-state index contributed by atoms with van der Waals surface area (Å²) in [5, 5.41) is 4.07. The molecule has 1 aromatic carbocycles. The van der Waals surface area contributed by atoms with Crippen molar-refractivity contribution in [3.63, 3.8) is 0 Å². The van der Waals surface area contributed by atoms with E-state index in [1.54, 1.807) is 19.3 Å². The van der Waals surface area contributed by atoms with Crippen molar-refractivity contribution in [3.8, 4) is 0 Å². The zero-order valence-electron chi connectivity index (χ0n) is 10.5. The summed E-state index contributed by atoms with van der Waals surface area (Å²) in [5.74, 6) is 0. The predicted molar refractivity (Wildman–Crippen MR) is 67.8 cm³/mol. The number of alkyl halides is 1. The summed E-state index contributed by atoms with van der Waals surface area (Å²) in [6.45, 7) is 6.21. The molecule has 1 aromatic heterocycles. The van der Waals surface area contributed by atoms with Crippen molar-refractivity contribution >= 4 is 11.0 Å². The molecule has 0 amide bonds. The van der Waals surface area contributed by atoms with Gasteiger partial charge in [-0.05, 0) is 44.2 Å². The van der Waals surface area contributed by atoms with Gasteiger partial charge in [0.2, 0.25) is 0 Å². The van der Waals surface area contributed by atoms with Crippen molar-refractivity contribution in [2.45, 2.75) is 32.5 Å². The molecule has 0 radical (unpaired) electrons. The number of likely N-dealkylation sites (N-methyl/N-ethyl adjacent to an activating group) is 1. The van der Waals surface area contributed by atoms with Crippen LogP contribution in [0.4, 0.5) is 4.39 Å². The summed E-state index contributed by atoms with van der Waals surface area (Å²) < 4.78 is 20.0. The minimum absolute atomic E-state index is 0.225. The maximum atomic E-state index is 14.7. The number of furan rings is 1. The molecule has 0 aliphatic carbocycles. The maximum Gasteiger partial charge on any atom is 0.148 e. The van der Waals surface area contributed by atoms with Crippen LogP contribution in [0.15, 0.2) is 34.9 Å². The van der Waals surface area contributed by atoms with E-state index in [9.17, 15) is 4.39 Å². The topological polar surface area (TPSA) is 25.2 Å². The van der Waals surface area contributed by atoms with Crippen molar-refractivity contribution in [3.05, 3.63) is 36.1 Å². The smallest absolute Gasteiger partial charge is 0.148 e. The molecule has 2 unspecified atom stereocenters. The van der Waals surface area contributed by atoms with E-state index in [0.29, 0.717) is 5.56 Å². The van der Waals surface area contributed by atoms with Crippen LogP contribution in [0.2, 0.25) is 0 Å². The monoisotopic (exact) mass is 235 g/mol. The highest BCUT2D eigenvalue weighted by Gasteiger charge is 2.32. The van der Waals surface area contributed by atoms with E-state index < -0.39 is 5.67 Å². The summed E-state index contributed by atoms with van der Waals surface area (Å²) >= 11 is 0. The highest BCUT2D eigenvalue weighted by Crippen LogP contribution is 2.31. The molecule has 0 bridgehead atoms. The summed E-state index contributed by atoms with van der Waals surface area (Å²) in [6, 6.07) is 7.09. The summed E-state index contributed by atoms with van der Waals surface area (Å²) in [6.07, 6.45) is 1.62. The molecule has 0 spiro atoms. The van der Waals surface area contributed by atoms with Crippen molar-refractivity contribution in [1.29, 1.82) is 0 Å². The molecule has 17 heavy (non-hydrogen) atoms. The van der Waals surface area contributed by atoms with Crippen LogP contribution in [0.3, 0.4) is 0 Å². The minimum Gasteiger partial charge on any atom is -0.464 e. The molecule has 2 atom stereocenters. The van der Waals surface area contributed by atoms with E-state index in [0.717, 1.165) is 17.5 Å². The first-order valence-electron chi connectivity index (χ1n) is 5.95. The van der Waals surface area contributed by atoms with Crippen LogP contribution in [0, 0.1) is 0 Å². The summed E-state index contributed by atoms with van der Waals surface area (Å²) in [7, 11) is 0. The van der Waals surface area contributed by atoms with Crippen molar-refractivity contribution in [1.82, 2.24) is 5.32 Å². The number of benzene rings is 1. The van der Waals surface area contributed by atoms with Crippen molar-refractivity contribution < 1.29 is 8.81 Å². The van der Waals surface area contributed by atoms with E-state index >= 15 is 0 Å². The van der Waals surface area contributed by atoms with Gasteiger partial charge in [-0.25, -0.2) is 4.39 Å². The lowest BCUT2D eigenvalue weighted by Crippen LogP contribution is -2.41. The zero-order chi connectivity index (χ0) is 12.5. The van der Waals surface area contributed by atoms with E-state index in [4.69, 9.17) is 4.42 Å². The van der Waals surface area contributed by atoms with Gasteiger partial charge in [0.1, 0.15) is 11.3 Å². The Hall–Kier alpha value is -1.35. The van der Waals surface area contributed by atoms with Crippen LogP contribution in [0.1, 0.15) is 26.3 Å². The second-order valence-corrected chi connectivity index (χ2v) is 4.53. The van der Waals surface area contributed by atoms with Gasteiger partial charge in [0.25, 0.3) is 0 Å². The fraction of sp³-hybridized carbons (Fsp3) is 0.429. The third-order valence-electron chi connectivity index (χ3n) is 3.34. The first-order valence-corrected chi connectivity index (χ1v) is 5.95. The Bertz CT molecular complexity index is 504. The van der Waals surface area contributed by atoms with Crippen LogP contribution in [0.25, 0.3) is 11.0 Å². The van der Waals surface area contributed by atoms with Crippen LogP contribution < -0.4 is 5.32 Å². The Kier molecular flexibility index (Phi) is 3.20. The van der Waals surface area contributed by atoms with Gasteiger partial charge < -0.3 is 9.73 Å². The Morgan fingerprint density at radius 1 is 1.41 bits per heavy atom. The third kappa shape index (κ3) is 2.20. The minimum atomic E-state index is -1.39. The third-order valence-corrected chi connectivity index (χ3v) is 3.34. The highest BCUT2D eigenvalue weighted by molar-refractivity contribution is 5.78. The second kappa shape index (κ2) is 4.49. The molecule has 1 N–H and O–H groups in total. The number of nitrogens with one attached hydrogen (secondary N) is 1. The fourth-order valence-electron chi connectivity index (χ4n) is 2.02. The van der Waals surface area contributed by atoms with Crippen LogP contribution >= 0.6 is 0 Å². The number of hydrogen-bond donors (Lipinski definition) is 1. The van der Waals surface area contributed by atoms with Gasteiger partial charge in [-0.1, -0.05) is 13.0 Å². The lowest BCUT2D eigenvalue weighted by Gasteiger charge is -2.28. The molecule has 2 nitrogen and oxygen atoms in total. The van der Waals surface area contributed by atoms with Gasteiger partial charge in [0, 0.05) is 11.4 Å². The van der Waals surface area contributed by atoms with Gasteiger partial charge in [0.05, 0.1) is 6.26 Å². The standard InChI is InChI=1S/C14H18FNO/c1-4-16-10(2)14(3,15)12-5-6-13-11(9-12)7-8-17-13/h5-10,16H,4H2,1-3H3. The number of fused-ring (bicyclic) bond motifs is 1. The molecule has 0 saturated carbocycles. The van der Waals surface area contributed by atoms with E-state index in [-0.39, 0.29) is 6.04 Å². The SMILES string of the molecule is CCNC(C)C(C)(F)c1ccc2occc2c1. The Balaban J connectivity index is 2.36.